The van der Waals surface area contributed by atoms with Crippen molar-refractivity contribution in [2.75, 3.05) is 5.73 Å². The molecule has 1 rings (SSSR count). The summed E-state index contributed by atoms with van der Waals surface area (Å²) >= 11 is 0. The van der Waals surface area contributed by atoms with Crippen LogP contribution in [-0.4, -0.2) is 17.7 Å². The van der Waals surface area contributed by atoms with Gasteiger partial charge in [0.05, 0.1) is 0 Å². The van der Waals surface area contributed by atoms with Crippen LogP contribution in [0.1, 0.15) is 0 Å². The first kappa shape index (κ1) is 6.89. The second kappa shape index (κ2) is 3.07. The highest BCUT2D eigenvalue weighted by molar-refractivity contribution is 6.17. The number of hydrogen-bond donors (Lipinski definition) is 2. The van der Waals surface area contributed by atoms with Gasteiger partial charge in [0.15, 0.2) is 0 Å². The van der Waals surface area contributed by atoms with Crippen LogP contribution in [-0.2, 0) is 0 Å². The van der Waals surface area contributed by atoms with Crippen molar-refractivity contribution in [2.24, 2.45) is 0 Å². The fourth-order valence-corrected chi connectivity index (χ4v) is 0.562. The quantitative estimate of drug-likeness (QED) is 0.542. The van der Waals surface area contributed by atoms with Crippen LogP contribution < -0.4 is 10.4 Å². The van der Waals surface area contributed by atoms with Crippen molar-refractivity contribution in [2.45, 2.75) is 0 Å². The number of nitrogen functional groups attached to an aromatic ring is 1. The van der Waals surface area contributed by atoms with Crippen molar-refractivity contribution >= 4 is 13.5 Å². The van der Waals surface area contributed by atoms with Gasteiger partial charge in [0.25, 0.3) is 0 Å². The zero-order valence-electron chi connectivity index (χ0n) is 5.19. The predicted molar refractivity (Wildman–Crippen MR) is 37.3 cm³/mol. The van der Waals surface area contributed by atoms with Crippen molar-refractivity contribution in [1.29, 1.82) is 0 Å². The van der Waals surface area contributed by atoms with E-state index in [0.717, 1.165) is 0 Å². The van der Waals surface area contributed by atoms with Crippen LogP contribution in [0, 0.1) is 0 Å². The molecule has 0 aliphatic heterocycles. The highest BCUT2D eigenvalue weighted by Gasteiger charge is 1.93. The van der Waals surface area contributed by atoms with E-state index < -0.39 is 0 Å². The lowest BCUT2D eigenvalue weighted by atomic mass is 10.3. The SMILES string of the molecule is Nc1cc(O[B]O)ccn1. The van der Waals surface area contributed by atoms with Gasteiger partial charge in [-0.3, -0.25) is 0 Å². The van der Waals surface area contributed by atoms with Gasteiger partial charge < -0.3 is 15.4 Å². The Kier molecular flexibility index (Phi) is 2.12. The third-order valence-electron chi connectivity index (χ3n) is 0.941. The molecule has 5 heteroatoms. The molecule has 3 N–H and O–H groups in total. The van der Waals surface area contributed by atoms with Gasteiger partial charge in [-0.25, -0.2) is 4.98 Å². The topological polar surface area (TPSA) is 68.4 Å². The predicted octanol–water partition coefficient (Wildman–Crippen LogP) is -0.431. The van der Waals surface area contributed by atoms with E-state index in [4.69, 9.17) is 10.8 Å². The summed E-state index contributed by atoms with van der Waals surface area (Å²) < 4.78 is 4.60. The van der Waals surface area contributed by atoms with Gasteiger partial charge in [0, 0.05) is 12.3 Å². The first-order chi connectivity index (χ1) is 4.83. The van der Waals surface area contributed by atoms with Crippen LogP contribution >= 0.6 is 0 Å². The Morgan fingerprint density at radius 2 is 2.50 bits per heavy atom. The largest absolute Gasteiger partial charge is 0.569 e. The number of nitrogens with two attached hydrogens (primary N) is 1. The Morgan fingerprint density at radius 1 is 1.70 bits per heavy atom. The van der Waals surface area contributed by atoms with E-state index in [1.54, 1.807) is 6.07 Å². The van der Waals surface area contributed by atoms with Gasteiger partial charge in [0.1, 0.15) is 11.6 Å². The van der Waals surface area contributed by atoms with Gasteiger partial charge in [-0.1, -0.05) is 0 Å². The molecule has 1 aromatic rings. The fraction of sp³-hybridized carbons (Fsp3) is 0. The zero-order valence-corrected chi connectivity index (χ0v) is 5.19. The molecule has 51 valence electrons. The fourth-order valence-electron chi connectivity index (χ4n) is 0.562. The molecule has 10 heavy (non-hydrogen) atoms. The van der Waals surface area contributed by atoms with Crippen LogP contribution in [0.2, 0.25) is 0 Å². The molecule has 1 heterocycles. The van der Waals surface area contributed by atoms with Crippen molar-refractivity contribution in [3.63, 3.8) is 0 Å². The molecule has 1 aromatic heterocycles. The smallest absolute Gasteiger partial charge is 0.537 e. The standard InChI is InChI=1S/C5H6BN2O2/c7-5-3-4(10-6-9)1-2-8-5/h1-3,9H,(H2,7,8). The summed E-state index contributed by atoms with van der Waals surface area (Å²) in [6, 6.07) is 3.09. The molecule has 0 aromatic carbocycles. The van der Waals surface area contributed by atoms with Crippen LogP contribution in [0.15, 0.2) is 18.3 Å². The minimum absolute atomic E-state index is 0.361. The Hall–Kier alpha value is -1.23. The zero-order chi connectivity index (χ0) is 7.40. The number of aromatic nitrogens is 1. The lowest BCUT2D eigenvalue weighted by molar-refractivity contribution is 0.453. The molecule has 0 spiro atoms. The normalized spacial score (nSPS) is 8.90. The van der Waals surface area contributed by atoms with Gasteiger partial charge in [0.2, 0.25) is 0 Å². The molecule has 0 saturated heterocycles. The summed E-state index contributed by atoms with van der Waals surface area (Å²) in [5, 5.41) is 8.20. The van der Waals surface area contributed by atoms with Gasteiger partial charge in [-0.15, -0.1) is 0 Å². The molecule has 0 aliphatic carbocycles. The Labute approximate surface area is 59.0 Å². The van der Waals surface area contributed by atoms with E-state index in [9.17, 15) is 0 Å². The number of pyridine rings is 1. The molecule has 0 unspecified atom stereocenters. The van der Waals surface area contributed by atoms with E-state index in [0.29, 0.717) is 19.3 Å². The Morgan fingerprint density at radius 3 is 3.10 bits per heavy atom. The molecule has 0 amide bonds. The number of rotatable bonds is 2. The second-order valence-electron chi connectivity index (χ2n) is 1.64. The maximum absolute atomic E-state index is 8.20. The average molecular weight is 137 g/mol. The molecule has 0 fully saturated rings. The summed E-state index contributed by atoms with van der Waals surface area (Å²) in [4.78, 5) is 3.72. The summed E-state index contributed by atoms with van der Waals surface area (Å²) in [6.45, 7) is 0. The van der Waals surface area contributed by atoms with Crippen LogP contribution in [0.3, 0.4) is 0 Å². The monoisotopic (exact) mass is 137 g/mol. The number of nitrogens with zero attached hydrogens (tertiary/aromatic N) is 1. The molecular formula is C5H6BN2O2. The van der Waals surface area contributed by atoms with E-state index in [1.807, 2.05) is 0 Å². The van der Waals surface area contributed by atoms with Crippen LogP contribution in [0.25, 0.3) is 0 Å². The van der Waals surface area contributed by atoms with Crippen LogP contribution in [0.5, 0.6) is 5.75 Å². The molecule has 4 nitrogen and oxygen atoms in total. The molecule has 0 atom stereocenters. The van der Waals surface area contributed by atoms with Gasteiger partial charge in [-0.05, 0) is 6.07 Å². The molecule has 1 radical (unpaired) electrons. The molecule has 0 aliphatic rings. The Balaban J connectivity index is 2.75. The maximum atomic E-state index is 8.20. The summed E-state index contributed by atoms with van der Waals surface area (Å²) in [5.74, 6) is 0.828. The lowest BCUT2D eigenvalue weighted by Gasteiger charge is -1.99. The first-order valence-electron chi connectivity index (χ1n) is 2.67. The van der Waals surface area contributed by atoms with E-state index >= 15 is 0 Å². The Bertz CT molecular complexity index is 219. The van der Waals surface area contributed by atoms with E-state index in [-0.39, 0.29) is 0 Å². The third-order valence-corrected chi connectivity index (χ3v) is 0.941. The lowest BCUT2D eigenvalue weighted by Crippen LogP contribution is -2.00. The number of anilines is 1. The van der Waals surface area contributed by atoms with E-state index in [2.05, 4.69) is 9.64 Å². The van der Waals surface area contributed by atoms with Crippen LogP contribution in [0.4, 0.5) is 5.82 Å². The summed E-state index contributed by atoms with van der Waals surface area (Å²) in [6.07, 6.45) is 1.49. The minimum atomic E-state index is 0.361. The van der Waals surface area contributed by atoms with Gasteiger partial charge in [-0.2, -0.15) is 0 Å². The highest BCUT2D eigenvalue weighted by Crippen LogP contribution is 2.10. The summed E-state index contributed by atoms with van der Waals surface area (Å²) in [5.41, 5.74) is 5.30. The highest BCUT2D eigenvalue weighted by atomic mass is 16.5. The molecule has 0 saturated carbocycles. The third kappa shape index (κ3) is 1.63. The minimum Gasteiger partial charge on any atom is -0.537 e. The number of hydrogen-bond acceptors (Lipinski definition) is 4. The maximum Gasteiger partial charge on any atom is 0.569 e. The van der Waals surface area contributed by atoms with Crippen molar-refractivity contribution in [1.82, 2.24) is 4.98 Å². The van der Waals surface area contributed by atoms with E-state index in [1.165, 1.54) is 12.3 Å². The molecular weight excluding hydrogens is 131 g/mol. The average Bonchev–Trinajstić information content (AvgIpc) is 1.88. The summed E-state index contributed by atoms with van der Waals surface area (Å²) in [7, 11) is 0.592. The second-order valence-corrected chi connectivity index (χ2v) is 1.64. The van der Waals surface area contributed by atoms with Gasteiger partial charge >= 0.3 is 7.69 Å². The van der Waals surface area contributed by atoms with Crippen molar-refractivity contribution in [3.8, 4) is 5.75 Å². The van der Waals surface area contributed by atoms with Crippen molar-refractivity contribution in [3.05, 3.63) is 18.3 Å². The molecule has 0 bridgehead atoms. The first-order valence-corrected chi connectivity index (χ1v) is 2.67. The van der Waals surface area contributed by atoms with Crippen molar-refractivity contribution < 1.29 is 9.68 Å².